The Morgan fingerprint density at radius 3 is 2.64 bits per heavy atom. The van der Waals surface area contributed by atoms with Crippen LogP contribution in [0.25, 0.3) is 20.7 Å². The summed E-state index contributed by atoms with van der Waals surface area (Å²) < 4.78 is 3.67. The lowest BCUT2D eigenvalue weighted by Crippen LogP contribution is -2.22. The molecule has 5 nitrogen and oxygen atoms in total. The zero-order chi connectivity index (χ0) is 17.4. The number of thiophene rings is 1. The Morgan fingerprint density at radius 2 is 1.88 bits per heavy atom. The molecule has 0 fully saturated rings. The zero-order valence-electron chi connectivity index (χ0n) is 13.5. The standard InChI is InChI=1S/C19H15N3O2S/c1-21-8-7-13(9-17(21)23)11-22-12-20-15-10-16(25-18(15)19(22)24)14-5-3-2-4-6-14/h2-10,12H,11H2,1H3. The molecule has 0 bridgehead atoms. The van der Waals surface area contributed by atoms with Gasteiger partial charge in [0.1, 0.15) is 4.70 Å². The minimum atomic E-state index is -0.0953. The van der Waals surface area contributed by atoms with Crippen molar-refractivity contribution in [1.29, 1.82) is 0 Å². The highest BCUT2D eigenvalue weighted by molar-refractivity contribution is 7.22. The summed E-state index contributed by atoms with van der Waals surface area (Å²) in [5, 5.41) is 0. The molecule has 1 aromatic carbocycles. The summed E-state index contributed by atoms with van der Waals surface area (Å²) in [6.45, 7) is 0.330. The molecule has 0 atom stereocenters. The largest absolute Gasteiger partial charge is 0.319 e. The molecule has 124 valence electrons. The lowest BCUT2D eigenvalue weighted by Gasteiger charge is -2.05. The van der Waals surface area contributed by atoms with Crippen LogP contribution >= 0.6 is 11.3 Å². The van der Waals surface area contributed by atoms with E-state index in [1.165, 1.54) is 15.9 Å². The molecule has 0 radical (unpaired) electrons. The number of benzene rings is 1. The molecule has 0 unspecified atom stereocenters. The monoisotopic (exact) mass is 349 g/mol. The number of aryl methyl sites for hydroxylation is 1. The quantitative estimate of drug-likeness (QED) is 0.571. The molecule has 4 aromatic rings. The van der Waals surface area contributed by atoms with Crippen LogP contribution in [0.3, 0.4) is 0 Å². The molecule has 0 aliphatic rings. The molecular formula is C19H15N3O2S. The van der Waals surface area contributed by atoms with Crippen molar-refractivity contribution in [3.8, 4) is 10.4 Å². The van der Waals surface area contributed by atoms with Gasteiger partial charge in [0, 0.05) is 24.2 Å². The zero-order valence-corrected chi connectivity index (χ0v) is 14.4. The van der Waals surface area contributed by atoms with Gasteiger partial charge >= 0.3 is 0 Å². The Kier molecular flexibility index (Phi) is 3.82. The maximum atomic E-state index is 12.8. The van der Waals surface area contributed by atoms with Gasteiger partial charge in [-0.3, -0.25) is 14.2 Å². The summed E-state index contributed by atoms with van der Waals surface area (Å²) in [4.78, 5) is 30.0. The van der Waals surface area contributed by atoms with Crippen molar-refractivity contribution in [1.82, 2.24) is 14.1 Å². The van der Waals surface area contributed by atoms with E-state index in [4.69, 9.17) is 0 Å². The molecule has 3 heterocycles. The lowest BCUT2D eigenvalue weighted by atomic mass is 10.2. The molecule has 0 saturated carbocycles. The van der Waals surface area contributed by atoms with Crippen LogP contribution in [-0.2, 0) is 13.6 Å². The van der Waals surface area contributed by atoms with Crippen molar-refractivity contribution in [2.75, 3.05) is 0 Å². The Hall–Kier alpha value is -2.99. The number of hydrogen-bond acceptors (Lipinski definition) is 4. The van der Waals surface area contributed by atoms with Gasteiger partial charge in [-0.2, -0.15) is 0 Å². The van der Waals surface area contributed by atoms with Crippen LogP contribution in [0.4, 0.5) is 0 Å². The first-order chi connectivity index (χ1) is 12.1. The van der Waals surface area contributed by atoms with Crippen LogP contribution in [0.1, 0.15) is 5.56 Å². The molecule has 0 spiro atoms. The highest BCUT2D eigenvalue weighted by atomic mass is 32.1. The van der Waals surface area contributed by atoms with E-state index in [-0.39, 0.29) is 11.1 Å². The molecule has 0 aliphatic carbocycles. The topological polar surface area (TPSA) is 56.9 Å². The van der Waals surface area contributed by atoms with Gasteiger partial charge in [0.2, 0.25) is 0 Å². The van der Waals surface area contributed by atoms with Crippen LogP contribution in [0.15, 0.2) is 70.6 Å². The number of fused-ring (bicyclic) bond motifs is 1. The van der Waals surface area contributed by atoms with Gasteiger partial charge in [-0.15, -0.1) is 11.3 Å². The first-order valence-electron chi connectivity index (χ1n) is 7.82. The second kappa shape index (κ2) is 6.14. The van der Waals surface area contributed by atoms with Crippen molar-refractivity contribution in [3.63, 3.8) is 0 Å². The first-order valence-corrected chi connectivity index (χ1v) is 8.63. The second-order valence-electron chi connectivity index (χ2n) is 5.85. The number of rotatable bonds is 3. The van der Waals surface area contributed by atoms with E-state index in [1.807, 2.05) is 42.5 Å². The molecule has 0 N–H and O–H groups in total. The second-order valence-corrected chi connectivity index (χ2v) is 6.90. The third-order valence-electron chi connectivity index (χ3n) is 4.08. The molecule has 4 rings (SSSR count). The molecule has 6 heteroatoms. The van der Waals surface area contributed by atoms with E-state index in [0.717, 1.165) is 16.0 Å². The summed E-state index contributed by atoms with van der Waals surface area (Å²) in [5.41, 5.74) is 2.38. The minimum Gasteiger partial charge on any atom is -0.319 e. The van der Waals surface area contributed by atoms with Crippen LogP contribution in [0.2, 0.25) is 0 Å². The maximum absolute atomic E-state index is 12.8. The van der Waals surface area contributed by atoms with Crippen molar-refractivity contribution < 1.29 is 0 Å². The van der Waals surface area contributed by atoms with E-state index in [1.54, 1.807) is 30.2 Å². The Balaban J connectivity index is 1.76. The Morgan fingerprint density at radius 1 is 1.08 bits per heavy atom. The maximum Gasteiger partial charge on any atom is 0.271 e. The van der Waals surface area contributed by atoms with E-state index >= 15 is 0 Å². The molecule has 3 aromatic heterocycles. The lowest BCUT2D eigenvalue weighted by molar-refractivity contribution is 0.740. The molecule has 0 amide bonds. The van der Waals surface area contributed by atoms with Crippen LogP contribution in [0.5, 0.6) is 0 Å². The fourth-order valence-corrected chi connectivity index (χ4v) is 3.75. The molecule has 0 aliphatic heterocycles. The normalized spacial score (nSPS) is 11.1. The van der Waals surface area contributed by atoms with E-state index in [0.29, 0.717) is 16.8 Å². The van der Waals surface area contributed by atoms with Gasteiger partial charge in [0.15, 0.2) is 0 Å². The highest BCUT2D eigenvalue weighted by Crippen LogP contribution is 2.30. The number of hydrogen-bond donors (Lipinski definition) is 0. The van der Waals surface area contributed by atoms with Crippen molar-refractivity contribution in [3.05, 3.63) is 87.3 Å². The third-order valence-corrected chi connectivity index (χ3v) is 5.25. The Labute approximate surface area is 147 Å². The van der Waals surface area contributed by atoms with Crippen molar-refractivity contribution >= 4 is 21.6 Å². The predicted molar refractivity (Wildman–Crippen MR) is 100 cm³/mol. The van der Waals surface area contributed by atoms with E-state index in [9.17, 15) is 9.59 Å². The molecule has 0 saturated heterocycles. The van der Waals surface area contributed by atoms with Crippen LogP contribution in [0, 0.1) is 0 Å². The van der Waals surface area contributed by atoms with Crippen molar-refractivity contribution in [2.24, 2.45) is 7.05 Å². The van der Waals surface area contributed by atoms with Gasteiger partial charge in [-0.05, 0) is 23.3 Å². The number of aromatic nitrogens is 3. The number of pyridine rings is 1. The minimum absolute atomic E-state index is 0.0853. The average molecular weight is 349 g/mol. The summed E-state index contributed by atoms with van der Waals surface area (Å²) >= 11 is 1.45. The summed E-state index contributed by atoms with van der Waals surface area (Å²) in [6.07, 6.45) is 3.25. The molecular weight excluding hydrogens is 334 g/mol. The smallest absolute Gasteiger partial charge is 0.271 e. The molecule has 25 heavy (non-hydrogen) atoms. The fourth-order valence-electron chi connectivity index (χ4n) is 2.69. The fraction of sp³-hybridized carbons (Fsp3) is 0.105. The van der Waals surface area contributed by atoms with Crippen LogP contribution in [-0.4, -0.2) is 14.1 Å². The third kappa shape index (κ3) is 2.92. The van der Waals surface area contributed by atoms with Gasteiger partial charge in [0.25, 0.3) is 11.1 Å². The van der Waals surface area contributed by atoms with Gasteiger partial charge in [0.05, 0.1) is 18.4 Å². The number of nitrogens with zero attached hydrogens (tertiary/aromatic N) is 3. The SMILES string of the molecule is Cn1ccc(Cn2cnc3cc(-c4ccccc4)sc3c2=O)cc1=O. The highest BCUT2D eigenvalue weighted by Gasteiger charge is 2.11. The van der Waals surface area contributed by atoms with Gasteiger partial charge in [-0.1, -0.05) is 30.3 Å². The van der Waals surface area contributed by atoms with E-state index < -0.39 is 0 Å². The average Bonchev–Trinajstić information content (AvgIpc) is 3.06. The van der Waals surface area contributed by atoms with E-state index in [2.05, 4.69) is 4.98 Å². The summed E-state index contributed by atoms with van der Waals surface area (Å²) in [5.74, 6) is 0. The van der Waals surface area contributed by atoms with Crippen molar-refractivity contribution in [2.45, 2.75) is 6.54 Å². The summed E-state index contributed by atoms with van der Waals surface area (Å²) in [6, 6.07) is 15.3. The summed E-state index contributed by atoms with van der Waals surface area (Å²) in [7, 11) is 1.70. The Bertz CT molecular complexity index is 1170. The first kappa shape index (κ1) is 15.5. The van der Waals surface area contributed by atoms with Gasteiger partial charge < -0.3 is 4.57 Å². The predicted octanol–water partition coefficient (Wildman–Crippen LogP) is 2.87. The van der Waals surface area contributed by atoms with Gasteiger partial charge in [-0.25, -0.2) is 4.98 Å². The van der Waals surface area contributed by atoms with Crippen LogP contribution < -0.4 is 11.1 Å².